The molecule has 1 rings (SSSR count). The zero-order valence-electron chi connectivity index (χ0n) is 3.80. The molecule has 3 heteroatoms. The maximum absolute atomic E-state index is 11.5. The summed E-state index contributed by atoms with van der Waals surface area (Å²) in [5.41, 5.74) is 0. The summed E-state index contributed by atoms with van der Waals surface area (Å²) < 4.78 is 11.5. The monoisotopic (exact) mass is 103 g/mol. The SMILES string of the molecule is FCC1CC=NO1. The van der Waals surface area contributed by atoms with Crippen LogP contribution in [-0.2, 0) is 4.84 Å². The van der Waals surface area contributed by atoms with Gasteiger partial charge >= 0.3 is 0 Å². The molecular formula is C4H6FNO. The molecule has 1 heterocycles. The van der Waals surface area contributed by atoms with E-state index in [1.165, 1.54) is 0 Å². The summed E-state index contributed by atoms with van der Waals surface area (Å²) in [7, 11) is 0. The average molecular weight is 103 g/mol. The molecule has 0 aromatic carbocycles. The van der Waals surface area contributed by atoms with Gasteiger partial charge in [0.15, 0.2) is 6.10 Å². The molecule has 0 saturated carbocycles. The maximum atomic E-state index is 11.5. The van der Waals surface area contributed by atoms with Gasteiger partial charge < -0.3 is 4.84 Å². The first-order chi connectivity index (χ1) is 3.43. The molecule has 0 aliphatic carbocycles. The van der Waals surface area contributed by atoms with Crippen molar-refractivity contribution in [2.24, 2.45) is 5.16 Å². The van der Waals surface area contributed by atoms with Crippen molar-refractivity contribution in [1.82, 2.24) is 0 Å². The van der Waals surface area contributed by atoms with E-state index < -0.39 is 6.67 Å². The summed E-state index contributed by atoms with van der Waals surface area (Å²) in [5.74, 6) is 0. The molecule has 0 bridgehead atoms. The lowest BCUT2D eigenvalue weighted by atomic mass is 10.3. The smallest absolute Gasteiger partial charge is 0.160 e. The Labute approximate surface area is 41.0 Å². The summed E-state index contributed by atoms with van der Waals surface area (Å²) >= 11 is 0. The number of halogens is 1. The average Bonchev–Trinajstić information content (AvgIpc) is 2.14. The predicted octanol–water partition coefficient (Wildman–Crippen LogP) is 0.731. The number of rotatable bonds is 1. The minimum atomic E-state index is -0.431. The van der Waals surface area contributed by atoms with Crippen molar-refractivity contribution in [1.29, 1.82) is 0 Å². The Kier molecular flexibility index (Phi) is 1.24. The van der Waals surface area contributed by atoms with Gasteiger partial charge in [0, 0.05) is 12.6 Å². The van der Waals surface area contributed by atoms with Gasteiger partial charge in [-0.3, -0.25) is 0 Å². The third-order valence-electron chi connectivity index (χ3n) is 0.825. The van der Waals surface area contributed by atoms with E-state index >= 15 is 0 Å². The number of hydrogen-bond acceptors (Lipinski definition) is 2. The third kappa shape index (κ3) is 0.885. The van der Waals surface area contributed by atoms with Crippen molar-refractivity contribution in [2.75, 3.05) is 6.67 Å². The summed E-state index contributed by atoms with van der Waals surface area (Å²) in [5, 5.41) is 3.37. The number of oxime groups is 1. The molecule has 0 radical (unpaired) electrons. The fourth-order valence-corrected chi connectivity index (χ4v) is 0.424. The summed E-state index contributed by atoms with van der Waals surface area (Å²) in [6.07, 6.45) is 1.90. The van der Waals surface area contributed by atoms with Gasteiger partial charge in [-0.05, 0) is 0 Å². The number of nitrogens with zero attached hydrogens (tertiary/aromatic N) is 1. The first-order valence-electron chi connectivity index (χ1n) is 2.17. The number of alkyl halides is 1. The van der Waals surface area contributed by atoms with Crippen LogP contribution in [0.1, 0.15) is 6.42 Å². The second-order valence-electron chi connectivity index (χ2n) is 1.41. The van der Waals surface area contributed by atoms with Crippen LogP contribution in [0.2, 0.25) is 0 Å². The molecule has 0 aromatic rings. The quantitative estimate of drug-likeness (QED) is 0.479. The lowest BCUT2D eigenvalue weighted by molar-refractivity contribution is 0.0657. The zero-order chi connectivity index (χ0) is 5.11. The van der Waals surface area contributed by atoms with Gasteiger partial charge in [0.05, 0.1) is 0 Å². The van der Waals surface area contributed by atoms with Crippen LogP contribution < -0.4 is 0 Å². The van der Waals surface area contributed by atoms with E-state index in [-0.39, 0.29) is 6.10 Å². The normalized spacial score (nSPS) is 27.9. The third-order valence-corrected chi connectivity index (χ3v) is 0.825. The fourth-order valence-electron chi connectivity index (χ4n) is 0.424. The molecule has 0 amide bonds. The molecule has 0 spiro atoms. The predicted molar refractivity (Wildman–Crippen MR) is 24.0 cm³/mol. The van der Waals surface area contributed by atoms with E-state index in [9.17, 15) is 4.39 Å². The van der Waals surface area contributed by atoms with Crippen molar-refractivity contribution >= 4 is 6.21 Å². The molecule has 2 nitrogen and oxygen atoms in total. The van der Waals surface area contributed by atoms with E-state index in [1.807, 2.05) is 0 Å². The van der Waals surface area contributed by atoms with E-state index in [4.69, 9.17) is 0 Å². The molecule has 1 atom stereocenters. The minimum Gasteiger partial charge on any atom is -0.390 e. The molecule has 40 valence electrons. The highest BCUT2D eigenvalue weighted by atomic mass is 19.1. The molecule has 1 unspecified atom stereocenters. The molecule has 1 aliphatic heterocycles. The summed E-state index contributed by atoms with van der Waals surface area (Å²) in [6.45, 7) is -0.431. The first-order valence-corrected chi connectivity index (χ1v) is 2.17. The highest BCUT2D eigenvalue weighted by Gasteiger charge is 2.10. The van der Waals surface area contributed by atoms with Crippen molar-refractivity contribution in [2.45, 2.75) is 12.5 Å². The topological polar surface area (TPSA) is 21.6 Å². The van der Waals surface area contributed by atoms with Gasteiger partial charge in [0.25, 0.3) is 0 Å². The molecule has 1 aliphatic rings. The highest BCUT2D eigenvalue weighted by Crippen LogP contribution is 2.03. The molecule has 0 saturated heterocycles. The van der Waals surface area contributed by atoms with Gasteiger partial charge in [-0.1, -0.05) is 5.16 Å². The largest absolute Gasteiger partial charge is 0.390 e. The van der Waals surface area contributed by atoms with Crippen molar-refractivity contribution in [3.63, 3.8) is 0 Å². The Morgan fingerprint density at radius 2 is 2.86 bits per heavy atom. The second kappa shape index (κ2) is 1.91. The maximum Gasteiger partial charge on any atom is 0.160 e. The fraction of sp³-hybridized carbons (Fsp3) is 0.750. The first kappa shape index (κ1) is 4.56. The van der Waals surface area contributed by atoms with Crippen molar-refractivity contribution in [3.8, 4) is 0 Å². The van der Waals surface area contributed by atoms with Crippen molar-refractivity contribution in [3.05, 3.63) is 0 Å². The Bertz CT molecular complexity index is 75.8. The van der Waals surface area contributed by atoms with Crippen LogP contribution in [0.15, 0.2) is 5.16 Å². The highest BCUT2D eigenvalue weighted by molar-refractivity contribution is 5.58. The molecule has 0 aromatic heterocycles. The van der Waals surface area contributed by atoms with E-state index in [1.54, 1.807) is 6.21 Å². The molecule has 0 fully saturated rings. The Morgan fingerprint density at radius 1 is 2.00 bits per heavy atom. The minimum absolute atomic E-state index is 0.292. The second-order valence-corrected chi connectivity index (χ2v) is 1.41. The van der Waals surface area contributed by atoms with Crippen LogP contribution in [-0.4, -0.2) is 19.0 Å². The Hall–Kier alpha value is -0.600. The zero-order valence-corrected chi connectivity index (χ0v) is 3.80. The van der Waals surface area contributed by atoms with Crippen LogP contribution in [0, 0.1) is 0 Å². The standard InChI is InChI=1S/C4H6FNO/c5-3-4-1-2-6-7-4/h2,4H,1,3H2. The molecular weight excluding hydrogens is 97.0 g/mol. The van der Waals surface area contributed by atoms with E-state index in [0.29, 0.717) is 6.42 Å². The Morgan fingerprint density at radius 3 is 3.14 bits per heavy atom. The summed E-state index contributed by atoms with van der Waals surface area (Å²) in [4.78, 5) is 4.50. The van der Waals surface area contributed by atoms with Crippen LogP contribution in [0.25, 0.3) is 0 Å². The van der Waals surface area contributed by atoms with Gasteiger partial charge in [-0.2, -0.15) is 0 Å². The molecule has 7 heavy (non-hydrogen) atoms. The van der Waals surface area contributed by atoms with Gasteiger partial charge in [-0.25, -0.2) is 4.39 Å². The van der Waals surface area contributed by atoms with Gasteiger partial charge in [0.1, 0.15) is 6.67 Å². The molecule has 0 N–H and O–H groups in total. The van der Waals surface area contributed by atoms with Crippen LogP contribution in [0.5, 0.6) is 0 Å². The van der Waals surface area contributed by atoms with Crippen molar-refractivity contribution < 1.29 is 9.23 Å². The van der Waals surface area contributed by atoms with E-state index in [0.717, 1.165) is 0 Å². The summed E-state index contributed by atoms with van der Waals surface area (Å²) in [6, 6.07) is 0. The number of hydrogen-bond donors (Lipinski definition) is 0. The lowest BCUT2D eigenvalue weighted by Crippen LogP contribution is -2.06. The van der Waals surface area contributed by atoms with Crippen LogP contribution in [0.4, 0.5) is 4.39 Å². The van der Waals surface area contributed by atoms with Crippen LogP contribution in [0.3, 0.4) is 0 Å². The van der Waals surface area contributed by atoms with Gasteiger partial charge in [0.2, 0.25) is 0 Å². The van der Waals surface area contributed by atoms with Crippen LogP contribution >= 0.6 is 0 Å². The lowest BCUT2D eigenvalue weighted by Gasteiger charge is -1.97. The Balaban J connectivity index is 2.22. The van der Waals surface area contributed by atoms with Gasteiger partial charge in [-0.15, -0.1) is 0 Å². The van der Waals surface area contributed by atoms with E-state index in [2.05, 4.69) is 9.99 Å².